The molecule has 1 aromatic carbocycles. The predicted molar refractivity (Wildman–Crippen MR) is 117 cm³/mol. The van der Waals surface area contributed by atoms with Gasteiger partial charge in [-0.05, 0) is 55.7 Å². The van der Waals surface area contributed by atoms with Gasteiger partial charge in [-0.3, -0.25) is 9.59 Å². The molecule has 0 spiro atoms. The Kier molecular flexibility index (Phi) is 8.53. The van der Waals surface area contributed by atoms with Crippen LogP contribution in [-0.4, -0.2) is 61.1 Å². The molecule has 1 saturated heterocycles. The second-order valence-corrected chi connectivity index (χ2v) is 7.80. The summed E-state index contributed by atoms with van der Waals surface area (Å²) in [5.74, 6) is 1.14. The zero-order valence-corrected chi connectivity index (χ0v) is 18.4. The van der Waals surface area contributed by atoms with E-state index in [1.54, 1.807) is 47.4 Å². The first-order valence-corrected chi connectivity index (χ1v) is 11.0. The lowest BCUT2D eigenvalue weighted by Gasteiger charge is -2.29. The summed E-state index contributed by atoms with van der Waals surface area (Å²) in [5.41, 5.74) is 0.543. The number of ether oxygens (including phenoxy) is 2. The van der Waals surface area contributed by atoms with Gasteiger partial charge in [-0.1, -0.05) is 13.3 Å². The first-order valence-electron chi connectivity index (χ1n) is 11.0. The summed E-state index contributed by atoms with van der Waals surface area (Å²) in [5, 5.41) is 0. The molecule has 168 valence electrons. The summed E-state index contributed by atoms with van der Waals surface area (Å²) in [6.45, 7) is 4.21. The molecule has 0 unspecified atom stereocenters. The number of unbranched alkanes of at least 4 members (excludes halogenated alkanes) is 1. The number of methoxy groups -OCH3 is 1. The van der Waals surface area contributed by atoms with Crippen molar-refractivity contribution in [1.82, 2.24) is 9.80 Å². The molecule has 1 aliphatic rings. The van der Waals surface area contributed by atoms with E-state index in [0.29, 0.717) is 36.7 Å². The number of furan rings is 1. The zero-order chi connectivity index (χ0) is 22.1. The lowest BCUT2D eigenvalue weighted by atomic mass is 10.1. The minimum Gasteiger partial charge on any atom is -0.497 e. The molecule has 1 fully saturated rings. The van der Waals surface area contributed by atoms with E-state index in [1.807, 2.05) is 12.1 Å². The summed E-state index contributed by atoms with van der Waals surface area (Å²) < 4.78 is 16.4. The second-order valence-electron chi connectivity index (χ2n) is 7.80. The molecule has 7 nitrogen and oxygen atoms in total. The average molecular weight is 429 g/mol. The van der Waals surface area contributed by atoms with Crippen LogP contribution in [0.4, 0.5) is 0 Å². The average Bonchev–Trinajstić information content (AvgIpc) is 3.50. The zero-order valence-electron chi connectivity index (χ0n) is 18.4. The molecule has 0 radical (unpaired) electrons. The van der Waals surface area contributed by atoms with Gasteiger partial charge in [-0.15, -0.1) is 0 Å². The Balaban J connectivity index is 1.72. The molecule has 7 heteroatoms. The van der Waals surface area contributed by atoms with Gasteiger partial charge in [0, 0.05) is 25.3 Å². The Hall–Kier alpha value is -2.80. The second kappa shape index (κ2) is 11.6. The van der Waals surface area contributed by atoms with Gasteiger partial charge in [-0.25, -0.2) is 0 Å². The van der Waals surface area contributed by atoms with E-state index in [1.165, 1.54) is 0 Å². The first-order chi connectivity index (χ1) is 15.1. The van der Waals surface area contributed by atoms with Crippen molar-refractivity contribution in [2.24, 2.45) is 0 Å². The number of carbonyl (C=O) groups is 2. The van der Waals surface area contributed by atoms with Gasteiger partial charge in [0.15, 0.2) is 0 Å². The molecule has 1 aromatic heterocycles. The monoisotopic (exact) mass is 428 g/mol. The van der Waals surface area contributed by atoms with Crippen LogP contribution in [0, 0.1) is 0 Å². The van der Waals surface area contributed by atoms with E-state index in [9.17, 15) is 9.59 Å². The number of benzene rings is 1. The molecule has 2 amide bonds. The van der Waals surface area contributed by atoms with Crippen molar-refractivity contribution in [3.63, 3.8) is 0 Å². The molecular weight excluding hydrogens is 396 g/mol. The summed E-state index contributed by atoms with van der Waals surface area (Å²) in [4.78, 5) is 29.8. The van der Waals surface area contributed by atoms with E-state index >= 15 is 0 Å². The highest BCUT2D eigenvalue weighted by atomic mass is 16.5. The van der Waals surface area contributed by atoms with Crippen LogP contribution in [0.3, 0.4) is 0 Å². The summed E-state index contributed by atoms with van der Waals surface area (Å²) in [6.07, 6.45) is 5.34. The van der Waals surface area contributed by atoms with Crippen molar-refractivity contribution in [3.05, 3.63) is 54.0 Å². The van der Waals surface area contributed by atoms with E-state index < -0.39 is 0 Å². The number of hydrogen-bond acceptors (Lipinski definition) is 5. The molecule has 1 aliphatic heterocycles. The highest BCUT2D eigenvalue weighted by Gasteiger charge is 2.26. The Labute approximate surface area is 183 Å². The van der Waals surface area contributed by atoms with Crippen LogP contribution < -0.4 is 4.74 Å². The normalized spacial score (nSPS) is 15.6. The van der Waals surface area contributed by atoms with Gasteiger partial charge in [0.1, 0.15) is 18.1 Å². The van der Waals surface area contributed by atoms with E-state index in [-0.39, 0.29) is 24.5 Å². The van der Waals surface area contributed by atoms with Crippen molar-refractivity contribution < 1.29 is 23.5 Å². The fraction of sp³-hybridized carbons (Fsp3) is 0.500. The molecule has 2 aromatic rings. The third-order valence-electron chi connectivity index (χ3n) is 5.46. The van der Waals surface area contributed by atoms with Crippen molar-refractivity contribution in [2.75, 3.05) is 33.4 Å². The van der Waals surface area contributed by atoms with Crippen molar-refractivity contribution >= 4 is 11.8 Å². The minimum atomic E-state index is -0.153. The number of amides is 2. The number of hydrogen-bond donors (Lipinski definition) is 0. The lowest BCUT2D eigenvalue weighted by molar-refractivity contribution is -0.134. The third-order valence-corrected chi connectivity index (χ3v) is 5.46. The topological polar surface area (TPSA) is 72.2 Å². The van der Waals surface area contributed by atoms with Gasteiger partial charge in [-0.2, -0.15) is 0 Å². The maximum Gasteiger partial charge on any atom is 0.254 e. The number of carbonyl (C=O) groups excluding carboxylic acids is 2. The Morgan fingerprint density at radius 1 is 1.16 bits per heavy atom. The van der Waals surface area contributed by atoms with Crippen LogP contribution in [-0.2, 0) is 16.1 Å². The highest BCUT2D eigenvalue weighted by molar-refractivity contribution is 5.96. The molecule has 31 heavy (non-hydrogen) atoms. The number of nitrogens with zero attached hydrogens (tertiary/aromatic N) is 2. The van der Waals surface area contributed by atoms with Gasteiger partial charge < -0.3 is 23.7 Å². The van der Waals surface area contributed by atoms with Crippen LogP contribution >= 0.6 is 0 Å². The molecule has 0 saturated carbocycles. The maximum absolute atomic E-state index is 13.3. The highest BCUT2D eigenvalue weighted by Crippen LogP contribution is 2.17. The van der Waals surface area contributed by atoms with Gasteiger partial charge in [0.25, 0.3) is 5.91 Å². The van der Waals surface area contributed by atoms with E-state index in [0.717, 1.165) is 32.3 Å². The molecule has 3 rings (SSSR count). The Morgan fingerprint density at radius 3 is 2.58 bits per heavy atom. The molecule has 0 bridgehead atoms. The third kappa shape index (κ3) is 6.59. The van der Waals surface area contributed by atoms with Crippen molar-refractivity contribution in [3.8, 4) is 5.75 Å². The standard InChI is InChI=1S/C24H32N2O5/c1-3-4-13-25(24(28)19-9-11-20(29-2)12-10-19)18-23(27)26(16-21-7-5-14-30-21)17-22-8-6-15-31-22/h5,7,9-12,14,22H,3-4,6,8,13,15-18H2,1-2H3/t22-/m1/s1. The van der Waals surface area contributed by atoms with Crippen LogP contribution in [0.25, 0.3) is 0 Å². The van der Waals surface area contributed by atoms with Crippen LogP contribution in [0.15, 0.2) is 47.1 Å². The van der Waals surface area contributed by atoms with Gasteiger partial charge >= 0.3 is 0 Å². The van der Waals surface area contributed by atoms with Gasteiger partial charge in [0.05, 0.1) is 26.0 Å². The molecule has 0 aliphatic carbocycles. The van der Waals surface area contributed by atoms with Crippen molar-refractivity contribution in [2.45, 2.75) is 45.3 Å². The van der Waals surface area contributed by atoms with Crippen molar-refractivity contribution in [1.29, 1.82) is 0 Å². The molecule has 2 heterocycles. The quantitative estimate of drug-likeness (QED) is 0.545. The van der Waals surface area contributed by atoms with Crippen LogP contribution in [0.5, 0.6) is 5.75 Å². The minimum absolute atomic E-state index is 0.0261. The fourth-order valence-corrected chi connectivity index (χ4v) is 3.66. The predicted octanol–water partition coefficient (Wildman–Crippen LogP) is 3.74. The largest absolute Gasteiger partial charge is 0.497 e. The van der Waals surface area contributed by atoms with Gasteiger partial charge in [0.2, 0.25) is 5.91 Å². The molecular formula is C24H32N2O5. The SMILES string of the molecule is CCCCN(CC(=O)N(Cc1ccco1)C[C@H]1CCCO1)C(=O)c1ccc(OC)cc1. The first kappa shape index (κ1) is 22.9. The number of rotatable bonds is 11. The Bertz CT molecular complexity index is 813. The summed E-state index contributed by atoms with van der Waals surface area (Å²) in [6, 6.07) is 10.6. The Morgan fingerprint density at radius 2 is 1.97 bits per heavy atom. The van der Waals surface area contributed by atoms with E-state index in [2.05, 4.69) is 6.92 Å². The van der Waals surface area contributed by atoms with Crippen LogP contribution in [0.1, 0.15) is 48.7 Å². The maximum atomic E-state index is 13.3. The molecule has 0 N–H and O–H groups in total. The lowest BCUT2D eigenvalue weighted by Crippen LogP contribution is -2.45. The summed E-state index contributed by atoms with van der Waals surface area (Å²) >= 11 is 0. The van der Waals surface area contributed by atoms with E-state index in [4.69, 9.17) is 13.9 Å². The smallest absolute Gasteiger partial charge is 0.254 e. The van der Waals surface area contributed by atoms with Crippen LogP contribution in [0.2, 0.25) is 0 Å². The molecule has 1 atom stereocenters. The summed E-state index contributed by atoms with van der Waals surface area (Å²) in [7, 11) is 1.59. The fourth-order valence-electron chi connectivity index (χ4n) is 3.66.